The predicted octanol–water partition coefficient (Wildman–Crippen LogP) is 3.10. The Hall–Kier alpha value is -0.980. The van der Waals surface area contributed by atoms with E-state index in [-0.39, 0.29) is 0 Å². The highest BCUT2D eigenvalue weighted by Gasteiger charge is 2.55. The van der Waals surface area contributed by atoms with E-state index in [4.69, 9.17) is 5.73 Å². The van der Waals surface area contributed by atoms with Crippen molar-refractivity contribution in [3.8, 4) is 0 Å². The molecule has 74 valence electrons. The van der Waals surface area contributed by atoms with E-state index in [2.05, 4.69) is 12.1 Å². The Bertz CT molecular complexity index is 341. The molecule has 2 unspecified atom stereocenters. The van der Waals surface area contributed by atoms with E-state index in [0.29, 0.717) is 5.41 Å². The lowest BCUT2D eigenvalue weighted by molar-refractivity contribution is 0.428. The van der Waals surface area contributed by atoms with Crippen LogP contribution >= 0.6 is 0 Å². The Morgan fingerprint density at radius 1 is 1.14 bits per heavy atom. The molecule has 2 atom stereocenters. The third-order valence-electron chi connectivity index (χ3n) is 4.14. The largest absolute Gasteiger partial charge is 0.399 e. The van der Waals surface area contributed by atoms with Gasteiger partial charge in [0, 0.05) is 5.69 Å². The molecule has 14 heavy (non-hydrogen) atoms. The first-order valence-electron chi connectivity index (χ1n) is 5.67. The second-order valence-electron chi connectivity index (χ2n) is 4.92. The second kappa shape index (κ2) is 2.75. The van der Waals surface area contributed by atoms with Crippen molar-refractivity contribution in [2.45, 2.75) is 37.5 Å². The van der Waals surface area contributed by atoms with Gasteiger partial charge in [-0.2, -0.15) is 0 Å². The van der Waals surface area contributed by atoms with E-state index < -0.39 is 0 Å². The molecule has 0 aromatic heterocycles. The van der Waals surface area contributed by atoms with Gasteiger partial charge in [0.2, 0.25) is 0 Å². The van der Waals surface area contributed by atoms with Gasteiger partial charge < -0.3 is 5.73 Å². The van der Waals surface area contributed by atoms with Gasteiger partial charge in [0.15, 0.2) is 0 Å². The number of benzene rings is 1. The number of hydrogen-bond acceptors (Lipinski definition) is 1. The molecule has 1 nitrogen and oxygen atoms in total. The van der Waals surface area contributed by atoms with Gasteiger partial charge in [-0.05, 0) is 48.3 Å². The summed E-state index contributed by atoms with van der Waals surface area (Å²) in [5, 5.41) is 0. The van der Waals surface area contributed by atoms with Gasteiger partial charge in [0.05, 0.1) is 0 Å². The lowest BCUT2D eigenvalue weighted by Crippen LogP contribution is -2.14. The number of fused-ring (bicyclic) bond motifs is 1. The molecule has 0 aliphatic heterocycles. The lowest BCUT2D eigenvalue weighted by atomic mass is 9.83. The van der Waals surface area contributed by atoms with Crippen LogP contribution in [0.25, 0.3) is 0 Å². The van der Waals surface area contributed by atoms with Crippen LogP contribution in [0.5, 0.6) is 0 Å². The normalized spacial score (nSPS) is 35.0. The molecule has 0 spiro atoms. The number of anilines is 1. The summed E-state index contributed by atoms with van der Waals surface area (Å²) in [4.78, 5) is 0. The fourth-order valence-corrected chi connectivity index (χ4v) is 3.21. The summed E-state index contributed by atoms with van der Waals surface area (Å²) < 4.78 is 0. The summed E-state index contributed by atoms with van der Waals surface area (Å²) in [6, 6.07) is 8.57. The zero-order valence-corrected chi connectivity index (χ0v) is 8.50. The minimum absolute atomic E-state index is 0.575. The molecule has 0 radical (unpaired) electrons. The van der Waals surface area contributed by atoms with Crippen molar-refractivity contribution in [2.75, 3.05) is 5.73 Å². The van der Waals surface area contributed by atoms with E-state index >= 15 is 0 Å². The Balaban J connectivity index is 1.92. The van der Waals surface area contributed by atoms with E-state index in [0.717, 1.165) is 11.6 Å². The molecule has 0 bridgehead atoms. The van der Waals surface area contributed by atoms with Crippen molar-refractivity contribution in [3.05, 3.63) is 29.8 Å². The van der Waals surface area contributed by atoms with Gasteiger partial charge in [-0.3, -0.25) is 0 Å². The third-order valence-corrected chi connectivity index (χ3v) is 4.14. The molecular weight excluding hydrogens is 170 g/mol. The van der Waals surface area contributed by atoms with Crippen LogP contribution in [0.4, 0.5) is 5.69 Å². The van der Waals surface area contributed by atoms with Gasteiger partial charge in [-0.25, -0.2) is 0 Å². The fraction of sp³-hybridized carbons (Fsp3) is 0.538. The summed E-state index contributed by atoms with van der Waals surface area (Å²) in [6.45, 7) is 0. The first-order valence-corrected chi connectivity index (χ1v) is 5.67. The zero-order valence-electron chi connectivity index (χ0n) is 8.50. The van der Waals surface area contributed by atoms with Crippen molar-refractivity contribution in [3.63, 3.8) is 0 Å². The van der Waals surface area contributed by atoms with Crippen LogP contribution in [0.1, 0.15) is 37.7 Å². The van der Waals surface area contributed by atoms with Crippen molar-refractivity contribution >= 4 is 5.69 Å². The van der Waals surface area contributed by atoms with E-state index in [1.807, 2.05) is 12.1 Å². The molecule has 2 saturated carbocycles. The van der Waals surface area contributed by atoms with E-state index in [1.54, 1.807) is 0 Å². The number of hydrogen-bond donors (Lipinski definition) is 1. The molecule has 0 saturated heterocycles. The smallest absolute Gasteiger partial charge is 0.0314 e. The summed E-state index contributed by atoms with van der Waals surface area (Å²) in [5.74, 6) is 0.986. The maximum atomic E-state index is 5.71. The third kappa shape index (κ3) is 1.08. The SMILES string of the molecule is Nc1ccc(C23CCCCC2C3)cc1. The summed E-state index contributed by atoms with van der Waals surface area (Å²) in [6.07, 6.45) is 7.14. The minimum Gasteiger partial charge on any atom is -0.399 e. The number of rotatable bonds is 1. The van der Waals surface area contributed by atoms with Crippen LogP contribution in [0, 0.1) is 5.92 Å². The minimum atomic E-state index is 0.575. The van der Waals surface area contributed by atoms with Crippen molar-refractivity contribution in [2.24, 2.45) is 5.92 Å². The Labute approximate surface area is 85.3 Å². The molecular formula is C13H17N. The highest BCUT2D eigenvalue weighted by atomic mass is 14.6. The van der Waals surface area contributed by atoms with Crippen LogP contribution in [0.3, 0.4) is 0 Å². The van der Waals surface area contributed by atoms with Crippen molar-refractivity contribution < 1.29 is 0 Å². The van der Waals surface area contributed by atoms with Crippen LogP contribution in [0.15, 0.2) is 24.3 Å². The van der Waals surface area contributed by atoms with Gasteiger partial charge in [-0.15, -0.1) is 0 Å². The van der Waals surface area contributed by atoms with Gasteiger partial charge in [0.25, 0.3) is 0 Å². The molecule has 1 aromatic carbocycles. The van der Waals surface area contributed by atoms with E-state index in [1.165, 1.54) is 37.7 Å². The van der Waals surface area contributed by atoms with Gasteiger partial charge in [-0.1, -0.05) is 25.0 Å². The predicted molar refractivity (Wildman–Crippen MR) is 59.1 cm³/mol. The first kappa shape index (κ1) is 8.34. The number of nitrogen functional groups attached to an aromatic ring is 1. The maximum absolute atomic E-state index is 5.71. The molecule has 2 N–H and O–H groups in total. The Morgan fingerprint density at radius 2 is 1.93 bits per heavy atom. The molecule has 2 aliphatic carbocycles. The summed E-state index contributed by atoms with van der Waals surface area (Å²) >= 11 is 0. The second-order valence-corrected chi connectivity index (χ2v) is 4.92. The molecule has 2 fully saturated rings. The molecule has 2 aliphatic rings. The Morgan fingerprint density at radius 3 is 2.64 bits per heavy atom. The fourth-order valence-electron chi connectivity index (χ4n) is 3.21. The lowest BCUT2D eigenvalue weighted by Gasteiger charge is -2.22. The van der Waals surface area contributed by atoms with Crippen molar-refractivity contribution in [1.29, 1.82) is 0 Å². The van der Waals surface area contributed by atoms with E-state index in [9.17, 15) is 0 Å². The van der Waals surface area contributed by atoms with Gasteiger partial charge in [0.1, 0.15) is 0 Å². The van der Waals surface area contributed by atoms with Crippen LogP contribution in [0.2, 0.25) is 0 Å². The van der Waals surface area contributed by atoms with Crippen LogP contribution < -0.4 is 5.73 Å². The van der Waals surface area contributed by atoms with Crippen molar-refractivity contribution in [1.82, 2.24) is 0 Å². The average Bonchev–Trinajstić information content (AvgIpc) is 2.94. The number of nitrogens with two attached hydrogens (primary N) is 1. The quantitative estimate of drug-likeness (QED) is 0.672. The standard InChI is InChI=1S/C13H17N/c14-12-6-4-10(5-7-12)13-8-2-1-3-11(13)9-13/h4-7,11H,1-3,8-9,14H2. The monoisotopic (exact) mass is 187 g/mol. The molecule has 0 heterocycles. The average molecular weight is 187 g/mol. The molecule has 1 heteroatoms. The maximum Gasteiger partial charge on any atom is 0.0314 e. The van der Waals surface area contributed by atoms with Gasteiger partial charge >= 0.3 is 0 Å². The summed E-state index contributed by atoms with van der Waals surface area (Å²) in [7, 11) is 0. The summed E-state index contributed by atoms with van der Waals surface area (Å²) in [5.41, 5.74) is 8.71. The van der Waals surface area contributed by atoms with Crippen LogP contribution in [-0.4, -0.2) is 0 Å². The highest BCUT2D eigenvalue weighted by Crippen LogP contribution is 2.62. The zero-order chi connectivity index (χ0) is 9.60. The first-order chi connectivity index (χ1) is 6.81. The van der Waals surface area contributed by atoms with Crippen LogP contribution in [-0.2, 0) is 5.41 Å². The molecule has 3 rings (SSSR count). The highest BCUT2D eigenvalue weighted by molar-refractivity contribution is 5.44. The topological polar surface area (TPSA) is 26.0 Å². The molecule has 0 amide bonds. The molecule has 1 aromatic rings. The Kier molecular flexibility index (Phi) is 1.64.